The monoisotopic (exact) mass is 239 g/mol. The lowest BCUT2D eigenvalue weighted by Crippen LogP contribution is -2.50. The molecular formula is C14H29N3. The lowest BCUT2D eigenvalue weighted by Gasteiger charge is -2.43. The normalized spacial score (nSPS) is 26.8. The Bertz CT molecular complexity index is 220. The Kier molecular flexibility index (Phi) is 4.83. The molecule has 0 aromatic carbocycles. The molecule has 1 aliphatic carbocycles. The van der Waals surface area contributed by atoms with E-state index in [0.717, 1.165) is 17.9 Å². The van der Waals surface area contributed by atoms with Crippen molar-refractivity contribution in [2.45, 2.75) is 32.2 Å². The molecule has 0 radical (unpaired) electrons. The number of rotatable bonds is 5. The van der Waals surface area contributed by atoms with Gasteiger partial charge in [-0.1, -0.05) is 13.3 Å². The number of piperazine rings is 1. The van der Waals surface area contributed by atoms with Gasteiger partial charge in [-0.05, 0) is 38.8 Å². The fourth-order valence-electron chi connectivity index (χ4n) is 3.59. The summed E-state index contributed by atoms with van der Waals surface area (Å²) in [5, 5.41) is 3.43. The second-order valence-electron chi connectivity index (χ2n) is 6.17. The molecule has 1 N–H and O–H groups in total. The molecule has 2 unspecified atom stereocenters. The van der Waals surface area contributed by atoms with E-state index in [2.05, 4.69) is 36.1 Å². The second kappa shape index (κ2) is 6.17. The van der Waals surface area contributed by atoms with Gasteiger partial charge in [0.1, 0.15) is 0 Å². The molecule has 0 aromatic heterocycles. The topological polar surface area (TPSA) is 18.5 Å². The number of nitrogens with zero attached hydrogens (tertiary/aromatic N) is 2. The summed E-state index contributed by atoms with van der Waals surface area (Å²) >= 11 is 0. The average Bonchev–Trinajstić information content (AvgIpc) is 2.23. The van der Waals surface area contributed by atoms with Crippen LogP contribution in [0, 0.1) is 11.8 Å². The van der Waals surface area contributed by atoms with Crippen molar-refractivity contribution in [2.24, 2.45) is 11.8 Å². The van der Waals surface area contributed by atoms with E-state index in [9.17, 15) is 0 Å². The van der Waals surface area contributed by atoms with Crippen LogP contribution in [-0.4, -0.2) is 62.7 Å². The molecule has 0 amide bonds. The summed E-state index contributed by atoms with van der Waals surface area (Å²) in [5.41, 5.74) is 0. The molecule has 1 saturated heterocycles. The van der Waals surface area contributed by atoms with E-state index in [1.165, 1.54) is 52.0 Å². The van der Waals surface area contributed by atoms with E-state index in [-0.39, 0.29) is 0 Å². The lowest BCUT2D eigenvalue weighted by molar-refractivity contribution is 0.0720. The first kappa shape index (κ1) is 13.3. The quantitative estimate of drug-likeness (QED) is 0.779. The zero-order valence-electron chi connectivity index (χ0n) is 11.8. The van der Waals surface area contributed by atoms with Crippen molar-refractivity contribution < 1.29 is 0 Å². The molecule has 2 aliphatic rings. The Balaban J connectivity index is 1.84. The highest BCUT2D eigenvalue weighted by atomic mass is 15.2. The van der Waals surface area contributed by atoms with Crippen LogP contribution in [-0.2, 0) is 0 Å². The first-order chi connectivity index (χ1) is 8.18. The van der Waals surface area contributed by atoms with Crippen molar-refractivity contribution in [1.29, 1.82) is 0 Å². The number of hydrogen-bond donors (Lipinski definition) is 1. The lowest BCUT2D eigenvalue weighted by atomic mass is 9.74. The van der Waals surface area contributed by atoms with Gasteiger partial charge in [-0.25, -0.2) is 0 Å². The minimum atomic E-state index is 0.790. The highest BCUT2D eigenvalue weighted by molar-refractivity contribution is 4.87. The smallest absolute Gasteiger partial charge is 0.0155 e. The molecule has 0 spiro atoms. The second-order valence-corrected chi connectivity index (χ2v) is 6.17. The molecule has 0 aromatic rings. The zero-order chi connectivity index (χ0) is 12.3. The third-order valence-corrected chi connectivity index (χ3v) is 4.57. The van der Waals surface area contributed by atoms with Crippen molar-refractivity contribution in [3.05, 3.63) is 0 Å². The standard InChI is InChI=1S/C14H29N3/c1-12(11-17-9-7-15-8-10-17)14(16(2)3)13-5-4-6-13/h12-15H,4-11H2,1-3H3. The number of hydrogen-bond acceptors (Lipinski definition) is 3. The summed E-state index contributed by atoms with van der Waals surface area (Å²) in [5.74, 6) is 1.76. The summed E-state index contributed by atoms with van der Waals surface area (Å²) in [4.78, 5) is 5.10. The molecular weight excluding hydrogens is 210 g/mol. The van der Waals surface area contributed by atoms with E-state index in [4.69, 9.17) is 0 Å². The van der Waals surface area contributed by atoms with Gasteiger partial charge in [0.2, 0.25) is 0 Å². The maximum atomic E-state index is 3.43. The summed E-state index contributed by atoms with van der Waals surface area (Å²) in [6.07, 6.45) is 4.36. The van der Waals surface area contributed by atoms with Crippen LogP contribution >= 0.6 is 0 Å². The van der Waals surface area contributed by atoms with Crippen LogP contribution in [0.5, 0.6) is 0 Å². The molecule has 1 saturated carbocycles. The molecule has 1 heterocycles. The van der Waals surface area contributed by atoms with Gasteiger partial charge in [0.15, 0.2) is 0 Å². The highest BCUT2D eigenvalue weighted by Gasteiger charge is 2.33. The van der Waals surface area contributed by atoms with E-state index < -0.39 is 0 Å². The van der Waals surface area contributed by atoms with Gasteiger partial charge in [-0.2, -0.15) is 0 Å². The molecule has 2 rings (SSSR count). The Labute approximate surface area is 107 Å². The van der Waals surface area contributed by atoms with Gasteiger partial charge >= 0.3 is 0 Å². The Morgan fingerprint density at radius 2 is 1.88 bits per heavy atom. The zero-order valence-corrected chi connectivity index (χ0v) is 11.8. The third kappa shape index (κ3) is 3.43. The van der Waals surface area contributed by atoms with E-state index in [1.54, 1.807) is 0 Å². The van der Waals surface area contributed by atoms with Crippen molar-refractivity contribution >= 4 is 0 Å². The molecule has 100 valence electrons. The molecule has 1 aliphatic heterocycles. The Morgan fingerprint density at radius 1 is 1.24 bits per heavy atom. The first-order valence-corrected chi connectivity index (χ1v) is 7.28. The van der Waals surface area contributed by atoms with Crippen LogP contribution in [0.25, 0.3) is 0 Å². The maximum absolute atomic E-state index is 3.43. The molecule has 2 fully saturated rings. The fraction of sp³-hybridized carbons (Fsp3) is 1.00. The molecule has 0 bridgehead atoms. The van der Waals surface area contributed by atoms with Crippen LogP contribution in [0.15, 0.2) is 0 Å². The van der Waals surface area contributed by atoms with Gasteiger partial charge in [0.05, 0.1) is 0 Å². The fourth-order valence-corrected chi connectivity index (χ4v) is 3.59. The van der Waals surface area contributed by atoms with E-state index >= 15 is 0 Å². The van der Waals surface area contributed by atoms with Gasteiger partial charge in [0, 0.05) is 38.8 Å². The van der Waals surface area contributed by atoms with Crippen LogP contribution < -0.4 is 5.32 Å². The van der Waals surface area contributed by atoms with Crippen molar-refractivity contribution in [1.82, 2.24) is 15.1 Å². The summed E-state index contributed by atoms with van der Waals surface area (Å²) < 4.78 is 0. The summed E-state index contributed by atoms with van der Waals surface area (Å²) in [7, 11) is 4.52. The average molecular weight is 239 g/mol. The van der Waals surface area contributed by atoms with Crippen molar-refractivity contribution in [2.75, 3.05) is 46.8 Å². The molecule has 3 heteroatoms. The molecule has 17 heavy (non-hydrogen) atoms. The van der Waals surface area contributed by atoms with Crippen LogP contribution in [0.2, 0.25) is 0 Å². The van der Waals surface area contributed by atoms with Crippen LogP contribution in [0.1, 0.15) is 26.2 Å². The number of nitrogens with one attached hydrogen (secondary N) is 1. The van der Waals surface area contributed by atoms with Crippen molar-refractivity contribution in [3.63, 3.8) is 0 Å². The van der Waals surface area contributed by atoms with Crippen LogP contribution in [0.4, 0.5) is 0 Å². The largest absolute Gasteiger partial charge is 0.314 e. The Hall–Kier alpha value is -0.120. The SMILES string of the molecule is CC(CN1CCNCC1)C(C1CCC1)N(C)C. The molecule has 3 nitrogen and oxygen atoms in total. The highest BCUT2D eigenvalue weighted by Crippen LogP contribution is 2.35. The van der Waals surface area contributed by atoms with E-state index in [1.807, 2.05) is 0 Å². The Morgan fingerprint density at radius 3 is 2.35 bits per heavy atom. The van der Waals surface area contributed by atoms with Crippen LogP contribution in [0.3, 0.4) is 0 Å². The minimum absolute atomic E-state index is 0.790. The summed E-state index contributed by atoms with van der Waals surface area (Å²) in [6, 6.07) is 0.790. The van der Waals surface area contributed by atoms with Crippen molar-refractivity contribution in [3.8, 4) is 0 Å². The van der Waals surface area contributed by atoms with E-state index in [0.29, 0.717) is 0 Å². The first-order valence-electron chi connectivity index (χ1n) is 7.28. The minimum Gasteiger partial charge on any atom is -0.314 e. The maximum Gasteiger partial charge on any atom is 0.0155 e. The predicted octanol–water partition coefficient (Wildman–Crippen LogP) is 1.26. The molecule has 2 atom stereocenters. The van der Waals surface area contributed by atoms with Gasteiger partial charge < -0.3 is 15.1 Å². The van der Waals surface area contributed by atoms with Gasteiger partial charge in [-0.15, -0.1) is 0 Å². The predicted molar refractivity (Wildman–Crippen MR) is 73.3 cm³/mol. The van der Waals surface area contributed by atoms with Gasteiger partial charge in [0.25, 0.3) is 0 Å². The summed E-state index contributed by atoms with van der Waals surface area (Å²) in [6.45, 7) is 8.53. The third-order valence-electron chi connectivity index (χ3n) is 4.57. The van der Waals surface area contributed by atoms with Gasteiger partial charge in [-0.3, -0.25) is 0 Å².